The van der Waals surface area contributed by atoms with Crippen molar-refractivity contribution in [1.29, 1.82) is 0 Å². The third-order valence-corrected chi connectivity index (χ3v) is 6.37. The minimum atomic E-state index is -3.74. The number of carbonyl (C=O) groups excluding carboxylic acids is 1. The molecule has 2 rings (SSSR count). The molecule has 0 saturated heterocycles. The second kappa shape index (κ2) is 9.69. The standard InChI is InChI=1S/C16H21BrN4O4S2/c1-10(2)8-14-20-21-16(26-14)19-15(22)12-9-11(4-5-13(12)17)27(23,24)18-6-7-25-3/h4-5,9-10,18H,6-8H2,1-3H3,(H,19,21,22). The van der Waals surface area contributed by atoms with Gasteiger partial charge in [0.25, 0.3) is 5.91 Å². The Morgan fingerprint density at radius 1 is 1.33 bits per heavy atom. The van der Waals surface area contributed by atoms with Crippen molar-refractivity contribution in [1.82, 2.24) is 14.9 Å². The van der Waals surface area contributed by atoms with Gasteiger partial charge in [-0.3, -0.25) is 10.1 Å². The first-order chi connectivity index (χ1) is 12.7. The number of nitrogens with zero attached hydrogens (tertiary/aromatic N) is 2. The Morgan fingerprint density at radius 2 is 2.07 bits per heavy atom. The fourth-order valence-corrected chi connectivity index (χ4v) is 4.52. The molecule has 0 aliphatic heterocycles. The smallest absolute Gasteiger partial charge is 0.258 e. The normalized spacial score (nSPS) is 11.7. The average molecular weight is 477 g/mol. The van der Waals surface area contributed by atoms with Crippen LogP contribution in [-0.2, 0) is 21.2 Å². The van der Waals surface area contributed by atoms with E-state index in [2.05, 4.69) is 50.0 Å². The second-order valence-electron chi connectivity index (χ2n) is 6.09. The molecule has 0 unspecified atom stereocenters. The van der Waals surface area contributed by atoms with Crippen molar-refractivity contribution in [2.45, 2.75) is 25.2 Å². The zero-order valence-electron chi connectivity index (χ0n) is 15.2. The number of methoxy groups -OCH3 is 1. The molecule has 1 aromatic carbocycles. The number of amides is 1. The molecule has 1 amide bonds. The minimum Gasteiger partial charge on any atom is -0.383 e. The number of hydrogen-bond acceptors (Lipinski definition) is 7. The molecule has 8 nitrogen and oxygen atoms in total. The van der Waals surface area contributed by atoms with Gasteiger partial charge in [-0.15, -0.1) is 10.2 Å². The largest absolute Gasteiger partial charge is 0.383 e. The Kier molecular flexibility index (Phi) is 7.86. The van der Waals surface area contributed by atoms with Crippen molar-refractivity contribution >= 4 is 48.3 Å². The number of aromatic nitrogens is 2. The molecule has 0 saturated carbocycles. The number of ether oxygens (including phenoxy) is 1. The van der Waals surface area contributed by atoms with Crippen molar-refractivity contribution in [3.63, 3.8) is 0 Å². The van der Waals surface area contributed by atoms with E-state index in [1.54, 1.807) is 0 Å². The van der Waals surface area contributed by atoms with Gasteiger partial charge in [-0.05, 0) is 40.0 Å². The molecular weight excluding hydrogens is 456 g/mol. The van der Waals surface area contributed by atoms with E-state index in [1.807, 2.05) is 0 Å². The van der Waals surface area contributed by atoms with E-state index in [0.717, 1.165) is 11.4 Å². The number of rotatable bonds is 9. The predicted octanol–water partition coefficient (Wildman–Crippen LogP) is 2.68. The van der Waals surface area contributed by atoms with E-state index in [0.29, 0.717) is 15.5 Å². The molecule has 1 aromatic heterocycles. The third-order valence-electron chi connectivity index (χ3n) is 3.36. The van der Waals surface area contributed by atoms with Gasteiger partial charge in [0.2, 0.25) is 15.2 Å². The molecule has 2 aromatic rings. The molecule has 0 bridgehead atoms. The topological polar surface area (TPSA) is 110 Å². The summed E-state index contributed by atoms with van der Waals surface area (Å²) in [6.07, 6.45) is 0.776. The molecule has 2 N–H and O–H groups in total. The van der Waals surface area contributed by atoms with Crippen LogP contribution in [0.4, 0.5) is 5.13 Å². The predicted molar refractivity (Wildman–Crippen MR) is 108 cm³/mol. The van der Waals surface area contributed by atoms with Gasteiger partial charge in [-0.25, -0.2) is 13.1 Å². The summed E-state index contributed by atoms with van der Waals surface area (Å²) in [5, 5.41) is 11.9. The Morgan fingerprint density at radius 3 is 2.74 bits per heavy atom. The van der Waals surface area contributed by atoms with Crippen LogP contribution in [0.2, 0.25) is 0 Å². The summed E-state index contributed by atoms with van der Waals surface area (Å²) in [5.74, 6) is -0.0359. The SMILES string of the molecule is COCCNS(=O)(=O)c1ccc(Br)c(C(=O)Nc2nnc(CC(C)C)s2)c1. The van der Waals surface area contributed by atoms with Crippen molar-refractivity contribution < 1.29 is 17.9 Å². The summed E-state index contributed by atoms with van der Waals surface area (Å²) in [7, 11) is -2.26. The minimum absolute atomic E-state index is 0.00952. The molecule has 27 heavy (non-hydrogen) atoms. The maximum absolute atomic E-state index is 12.6. The van der Waals surface area contributed by atoms with E-state index in [1.165, 1.54) is 36.6 Å². The summed E-state index contributed by atoms with van der Waals surface area (Å²) in [4.78, 5) is 12.6. The van der Waals surface area contributed by atoms with Gasteiger partial charge in [-0.2, -0.15) is 0 Å². The maximum Gasteiger partial charge on any atom is 0.258 e. The first-order valence-corrected chi connectivity index (χ1v) is 11.2. The third kappa shape index (κ3) is 6.32. The van der Waals surface area contributed by atoms with Crippen LogP contribution in [0, 0.1) is 5.92 Å². The van der Waals surface area contributed by atoms with E-state index in [9.17, 15) is 13.2 Å². The summed E-state index contributed by atoms with van der Waals surface area (Å²) in [5.41, 5.74) is 0.185. The molecule has 0 spiro atoms. The lowest BCUT2D eigenvalue weighted by Crippen LogP contribution is -2.27. The number of anilines is 1. The van der Waals surface area contributed by atoms with Crippen molar-refractivity contribution in [2.75, 3.05) is 25.6 Å². The van der Waals surface area contributed by atoms with Crippen molar-refractivity contribution in [2.24, 2.45) is 5.92 Å². The molecule has 0 fully saturated rings. The van der Waals surface area contributed by atoms with Gasteiger partial charge < -0.3 is 4.74 Å². The van der Waals surface area contributed by atoms with Crippen molar-refractivity contribution in [3.05, 3.63) is 33.2 Å². The van der Waals surface area contributed by atoms with Gasteiger partial charge >= 0.3 is 0 Å². The summed E-state index contributed by atoms with van der Waals surface area (Å²) in [6.45, 7) is 4.53. The van der Waals surface area contributed by atoms with Gasteiger partial charge in [0.1, 0.15) is 5.01 Å². The lowest BCUT2D eigenvalue weighted by atomic mass is 10.1. The highest BCUT2D eigenvalue weighted by atomic mass is 79.9. The van der Waals surface area contributed by atoms with E-state index in [4.69, 9.17) is 4.74 Å². The van der Waals surface area contributed by atoms with E-state index in [-0.39, 0.29) is 23.6 Å². The second-order valence-corrected chi connectivity index (χ2v) is 9.77. The van der Waals surface area contributed by atoms with Crippen LogP contribution in [0.1, 0.15) is 29.2 Å². The van der Waals surface area contributed by atoms with Crippen LogP contribution in [-0.4, -0.2) is 44.8 Å². The molecule has 1 heterocycles. The average Bonchev–Trinajstić information content (AvgIpc) is 3.01. The highest BCUT2D eigenvalue weighted by Crippen LogP contribution is 2.24. The van der Waals surface area contributed by atoms with Gasteiger partial charge in [-0.1, -0.05) is 25.2 Å². The van der Waals surface area contributed by atoms with Crippen LogP contribution in [0.15, 0.2) is 27.6 Å². The maximum atomic E-state index is 12.6. The number of nitrogens with one attached hydrogen (secondary N) is 2. The van der Waals surface area contributed by atoms with Crippen LogP contribution in [0.3, 0.4) is 0 Å². The van der Waals surface area contributed by atoms with Crippen LogP contribution < -0.4 is 10.0 Å². The highest BCUT2D eigenvalue weighted by molar-refractivity contribution is 9.10. The van der Waals surface area contributed by atoms with E-state index >= 15 is 0 Å². The van der Waals surface area contributed by atoms with Gasteiger partial charge in [0.15, 0.2) is 0 Å². The first-order valence-electron chi connectivity index (χ1n) is 8.15. The number of sulfonamides is 1. The van der Waals surface area contributed by atoms with Gasteiger partial charge in [0.05, 0.1) is 17.1 Å². The monoisotopic (exact) mass is 476 g/mol. The van der Waals surface area contributed by atoms with Crippen LogP contribution >= 0.6 is 27.3 Å². The van der Waals surface area contributed by atoms with Crippen LogP contribution in [0.5, 0.6) is 0 Å². The Labute approximate surface area is 170 Å². The lowest BCUT2D eigenvalue weighted by Gasteiger charge is -2.09. The highest BCUT2D eigenvalue weighted by Gasteiger charge is 2.19. The molecule has 0 aliphatic rings. The van der Waals surface area contributed by atoms with Crippen molar-refractivity contribution in [3.8, 4) is 0 Å². The zero-order valence-corrected chi connectivity index (χ0v) is 18.4. The number of carbonyl (C=O) groups is 1. The Bertz CT molecular complexity index is 900. The number of halogens is 1. The molecule has 0 aliphatic carbocycles. The van der Waals surface area contributed by atoms with E-state index < -0.39 is 15.9 Å². The molecular formula is C16H21BrN4O4S2. The van der Waals surface area contributed by atoms with Crippen LogP contribution in [0.25, 0.3) is 0 Å². The zero-order chi connectivity index (χ0) is 20.0. The molecule has 148 valence electrons. The summed E-state index contributed by atoms with van der Waals surface area (Å²) >= 11 is 4.58. The fourth-order valence-electron chi connectivity index (χ4n) is 2.11. The lowest BCUT2D eigenvalue weighted by molar-refractivity contribution is 0.102. The molecule has 0 atom stereocenters. The quantitative estimate of drug-likeness (QED) is 0.538. The number of benzene rings is 1. The Hall–Kier alpha value is -1.40. The number of hydrogen-bond donors (Lipinski definition) is 2. The molecule has 11 heteroatoms. The van der Waals surface area contributed by atoms with Gasteiger partial charge in [0, 0.05) is 24.5 Å². The Balaban J connectivity index is 2.17. The summed E-state index contributed by atoms with van der Waals surface area (Å²) < 4.78 is 32.4. The summed E-state index contributed by atoms with van der Waals surface area (Å²) in [6, 6.07) is 4.25. The fraction of sp³-hybridized carbons (Fsp3) is 0.438. The molecule has 0 radical (unpaired) electrons. The first kappa shape index (κ1) is 21.9.